The molecule has 1 aromatic carbocycles. The molecule has 2 rings (SSSR count). The Bertz CT molecular complexity index is 512. The minimum absolute atomic E-state index is 0.0409. The first kappa shape index (κ1) is 11.1. The summed E-state index contributed by atoms with van der Waals surface area (Å²) in [6.45, 7) is -0.0409. The molecule has 1 saturated carbocycles. The van der Waals surface area contributed by atoms with Crippen molar-refractivity contribution in [2.75, 3.05) is 6.61 Å². The molecule has 0 saturated heterocycles. The third-order valence-electron chi connectivity index (χ3n) is 2.61. The molecule has 0 amide bonds. The summed E-state index contributed by atoms with van der Waals surface area (Å²) in [5, 5.41) is 8.80. The van der Waals surface area contributed by atoms with Crippen molar-refractivity contribution in [3.05, 3.63) is 30.3 Å². The molecular formula is C11H11NO3S. The average Bonchev–Trinajstić information content (AvgIpc) is 3.09. The van der Waals surface area contributed by atoms with Crippen LogP contribution in [0.25, 0.3) is 0 Å². The van der Waals surface area contributed by atoms with Gasteiger partial charge in [-0.2, -0.15) is 13.7 Å². The Kier molecular flexibility index (Phi) is 2.70. The lowest BCUT2D eigenvalue weighted by Crippen LogP contribution is -2.14. The molecule has 0 heterocycles. The first-order valence-electron chi connectivity index (χ1n) is 4.94. The van der Waals surface area contributed by atoms with Gasteiger partial charge in [-0.05, 0) is 25.0 Å². The number of benzene rings is 1. The van der Waals surface area contributed by atoms with E-state index in [1.807, 2.05) is 0 Å². The van der Waals surface area contributed by atoms with Crippen molar-refractivity contribution in [3.8, 4) is 6.07 Å². The van der Waals surface area contributed by atoms with Gasteiger partial charge in [0.2, 0.25) is 0 Å². The molecule has 0 N–H and O–H groups in total. The number of nitriles is 1. The molecule has 5 heteroatoms. The molecule has 0 radical (unpaired) electrons. The normalized spacial score (nSPS) is 17.7. The van der Waals surface area contributed by atoms with Crippen LogP contribution >= 0.6 is 0 Å². The highest BCUT2D eigenvalue weighted by molar-refractivity contribution is 7.86. The van der Waals surface area contributed by atoms with E-state index >= 15 is 0 Å². The minimum atomic E-state index is -3.71. The molecule has 84 valence electrons. The largest absolute Gasteiger partial charge is 0.297 e. The molecule has 1 fully saturated rings. The SMILES string of the molecule is N#CC1(COS(=O)(=O)c2ccccc2)CC1. The Labute approximate surface area is 94.6 Å². The van der Waals surface area contributed by atoms with Gasteiger partial charge in [-0.3, -0.25) is 4.18 Å². The summed E-state index contributed by atoms with van der Waals surface area (Å²) >= 11 is 0. The standard InChI is InChI=1S/C11H11NO3S/c12-8-11(6-7-11)9-15-16(13,14)10-4-2-1-3-5-10/h1-5H,6-7,9H2. The van der Waals surface area contributed by atoms with E-state index in [0.29, 0.717) is 12.8 Å². The second-order valence-electron chi connectivity index (χ2n) is 3.92. The number of hydrogen-bond acceptors (Lipinski definition) is 4. The molecule has 0 unspecified atom stereocenters. The van der Waals surface area contributed by atoms with Crippen LogP contribution in [-0.4, -0.2) is 15.0 Å². The summed E-state index contributed by atoms with van der Waals surface area (Å²) in [5.74, 6) is 0. The van der Waals surface area contributed by atoms with E-state index in [0.717, 1.165) is 0 Å². The third kappa shape index (κ3) is 2.23. The number of rotatable bonds is 4. The molecule has 0 spiro atoms. The van der Waals surface area contributed by atoms with Gasteiger partial charge in [-0.1, -0.05) is 18.2 Å². The highest BCUT2D eigenvalue weighted by Crippen LogP contribution is 2.45. The van der Waals surface area contributed by atoms with Crippen LogP contribution in [0.2, 0.25) is 0 Å². The fraction of sp³-hybridized carbons (Fsp3) is 0.364. The fourth-order valence-corrected chi connectivity index (χ4v) is 2.29. The zero-order valence-corrected chi connectivity index (χ0v) is 9.40. The third-order valence-corrected chi connectivity index (χ3v) is 3.89. The van der Waals surface area contributed by atoms with E-state index in [4.69, 9.17) is 9.44 Å². The van der Waals surface area contributed by atoms with Crippen LogP contribution in [-0.2, 0) is 14.3 Å². The maximum absolute atomic E-state index is 11.7. The molecule has 4 nitrogen and oxygen atoms in total. The van der Waals surface area contributed by atoms with Crippen LogP contribution in [0.3, 0.4) is 0 Å². The second-order valence-corrected chi connectivity index (χ2v) is 5.54. The lowest BCUT2D eigenvalue weighted by Gasteiger charge is -2.07. The maximum Gasteiger partial charge on any atom is 0.297 e. The highest BCUT2D eigenvalue weighted by atomic mass is 32.2. The van der Waals surface area contributed by atoms with Gasteiger partial charge in [0.15, 0.2) is 0 Å². The maximum atomic E-state index is 11.7. The van der Waals surface area contributed by atoms with Crippen LogP contribution in [0.1, 0.15) is 12.8 Å². The van der Waals surface area contributed by atoms with Crippen LogP contribution in [0.4, 0.5) is 0 Å². The van der Waals surface area contributed by atoms with Crippen LogP contribution in [0.15, 0.2) is 35.2 Å². The van der Waals surface area contributed by atoms with E-state index in [2.05, 4.69) is 6.07 Å². The Morgan fingerprint density at radius 3 is 2.44 bits per heavy atom. The van der Waals surface area contributed by atoms with Crippen molar-refractivity contribution in [2.24, 2.45) is 5.41 Å². The molecule has 1 aromatic rings. The summed E-state index contributed by atoms with van der Waals surface area (Å²) < 4.78 is 28.3. The van der Waals surface area contributed by atoms with Crippen LogP contribution < -0.4 is 0 Å². The second kappa shape index (κ2) is 3.89. The highest BCUT2D eigenvalue weighted by Gasteiger charge is 2.44. The van der Waals surface area contributed by atoms with Crippen LogP contribution in [0.5, 0.6) is 0 Å². The quantitative estimate of drug-likeness (QED) is 0.747. The summed E-state index contributed by atoms with van der Waals surface area (Å²) in [4.78, 5) is 0.128. The molecule has 16 heavy (non-hydrogen) atoms. The van der Waals surface area contributed by atoms with Crippen molar-refractivity contribution in [3.63, 3.8) is 0 Å². The van der Waals surface area contributed by atoms with Crippen molar-refractivity contribution in [2.45, 2.75) is 17.7 Å². The summed E-state index contributed by atoms with van der Waals surface area (Å²) in [6, 6.07) is 10.0. The van der Waals surface area contributed by atoms with Crippen LogP contribution in [0, 0.1) is 16.7 Å². The van der Waals surface area contributed by atoms with E-state index in [-0.39, 0.29) is 11.5 Å². The molecule has 1 aliphatic rings. The minimum Gasteiger partial charge on any atom is -0.265 e. The Balaban J connectivity index is 2.08. The Morgan fingerprint density at radius 1 is 1.31 bits per heavy atom. The van der Waals surface area contributed by atoms with Gasteiger partial charge < -0.3 is 0 Å². The predicted molar refractivity (Wildman–Crippen MR) is 56.9 cm³/mol. The molecule has 0 bridgehead atoms. The first-order chi connectivity index (χ1) is 7.58. The topological polar surface area (TPSA) is 67.2 Å². The molecular weight excluding hydrogens is 226 g/mol. The van der Waals surface area contributed by atoms with E-state index in [9.17, 15) is 8.42 Å². The Hall–Kier alpha value is -1.38. The van der Waals surface area contributed by atoms with Gasteiger partial charge in [0.1, 0.15) is 0 Å². The lowest BCUT2D eigenvalue weighted by atomic mass is 10.2. The summed E-state index contributed by atoms with van der Waals surface area (Å²) in [5.41, 5.74) is -0.568. The monoisotopic (exact) mass is 237 g/mol. The molecule has 0 atom stereocenters. The molecule has 0 aromatic heterocycles. The summed E-state index contributed by atoms with van der Waals surface area (Å²) in [6.07, 6.45) is 1.43. The van der Waals surface area contributed by atoms with Gasteiger partial charge >= 0.3 is 0 Å². The van der Waals surface area contributed by atoms with E-state index < -0.39 is 15.5 Å². The fourth-order valence-electron chi connectivity index (χ4n) is 1.28. The smallest absolute Gasteiger partial charge is 0.265 e. The Morgan fingerprint density at radius 2 is 1.94 bits per heavy atom. The molecule has 1 aliphatic carbocycles. The van der Waals surface area contributed by atoms with Crippen molar-refractivity contribution < 1.29 is 12.6 Å². The van der Waals surface area contributed by atoms with Gasteiger partial charge in [0, 0.05) is 0 Å². The van der Waals surface area contributed by atoms with Crippen molar-refractivity contribution in [1.82, 2.24) is 0 Å². The zero-order chi connectivity index (χ0) is 11.6. The number of hydrogen-bond donors (Lipinski definition) is 0. The van der Waals surface area contributed by atoms with E-state index in [1.54, 1.807) is 18.2 Å². The van der Waals surface area contributed by atoms with Crippen molar-refractivity contribution >= 4 is 10.1 Å². The van der Waals surface area contributed by atoms with E-state index in [1.165, 1.54) is 12.1 Å². The lowest BCUT2D eigenvalue weighted by molar-refractivity contribution is 0.273. The average molecular weight is 237 g/mol. The molecule has 0 aliphatic heterocycles. The first-order valence-corrected chi connectivity index (χ1v) is 6.35. The predicted octanol–water partition coefficient (Wildman–Crippen LogP) is 1.70. The van der Waals surface area contributed by atoms with Gasteiger partial charge in [0.05, 0.1) is 23.0 Å². The zero-order valence-electron chi connectivity index (χ0n) is 8.59. The van der Waals surface area contributed by atoms with Gasteiger partial charge in [-0.15, -0.1) is 0 Å². The summed E-state index contributed by atoms with van der Waals surface area (Å²) in [7, 11) is -3.71. The number of nitrogens with zero attached hydrogens (tertiary/aromatic N) is 1. The van der Waals surface area contributed by atoms with Crippen molar-refractivity contribution in [1.29, 1.82) is 5.26 Å². The van der Waals surface area contributed by atoms with Gasteiger partial charge in [0.25, 0.3) is 10.1 Å². The van der Waals surface area contributed by atoms with Gasteiger partial charge in [-0.25, -0.2) is 0 Å².